The lowest BCUT2D eigenvalue weighted by molar-refractivity contribution is 0.0932. The number of benzene rings is 2. The second-order valence-electron chi connectivity index (χ2n) is 12.0. The van der Waals surface area contributed by atoms with E-state index < -0.39 is 0 Å². The van der Waals surface area contributed by atoms with Crippen LogP contribution in [-0.2, 0) is 0 Å². The molecular weight excluding hydrogens is 551 g/mol. The molecule has 3 fully saturated rings. The minimum Gasteiger partial charge on any atom is -0.281 e. The summed E-state index contributed by atoms with van der Waals surface area (Å²) in [5.74, 6) is 2.13. The minimum atomic E-state index is -0.156. The first kappa shape index (κ1) is 25.7. The lowest BCUT2D eigenvalue weighted by Crippen LogP contribution is -2.50. The topological polar surface area (TPSA) is 50.2 Å². The van der Waals surface area contributed by atoms with Crippen LogP contribution in [0.2, 0.25) is 15.1 Å². The molecule has 0 radical (unpaired) electrons. The third kappa shape index (κ3) is 4.75. The number of anilines is 1. The molecule has 8 heteroatoms. The molecule has 1 N–H and O–H groups in total. The van der Waals surface area contributed by atoms with Crippen molar-refractivity contribution in [1.82, 2.24) is 15.2 Å². The van der Waals surface area contributed by atoms with Gasteiger partial charge in [-0.05, 0) is 105 Å². The summed E-state index contributed by atoms with van der Waals surface area (Å²) in [6.07, 6.45) is 11.5. The zero-order chi connectivity index (χ0) is 26.7. The highest BCUT2D eigenvalue weighted by Gasteiger charge is 2.46. The molecule has 5 aliphatic carbocycles. The van der Waals surface area contributed by atoms with Gasteiger partial charge in [0, 0.05) is 21.5 Å². The molecule has 8 rings (SSSR count). The van der Waals surface area contributed by atoms with Crippen LogP contribution < -0.4 is 10.4 Å². The fourth-order valence-corrected chi connectivity index (χ4v) is 8.65. The first-order valence-corrected chi connectivity index (χ1v) is 15.5. The molecule has 39 heavy (non-hydrogen) atoms. The predicted octanol–water partition coefficient (Wildman–Crippen LogP) is 8.71. The lowest BCUT2D eigenvalue weighted by Gasteiger charge is -2.39. The number of nitrogens with one attached hydrogen (secondary N) is 1. The highest BCUT2D eigenvalue weighted by atomic mass is 35.5. The first-order chi connectivity index (χ1) is 18.9. The number of amides is 1. The van der Waals surface area contributed by atoms with Gasteiger partial charge in [-0.2, -0.15) is 5.10 Å². The Kier molecular flexibility index (Phi) is 6.81. The van der Waals surface area contributed by atoms with E-state index in [-0.39, 0.29) is 11.9 Å². The van der Waals surface area contributed by atoms with Gasteiger partial charge >= 0.3 is 0 Å². The molecule has 1 aromatic heterocycles. The van der Waals surface area contributed by atoms with Crippen molar-refractivity contribution in [3.8, 4) is 5.69 Å². The van der Waals surface area contributed by atoms with Crippen molar-refractivity contribution in [2.75, 3.05) is 5.01 Å². The van der Waals surface area contributed by atoms with Crippen LogP contribution in [0, 0.1) is 11.8 Å². The Morgan fingerprint density at radius 3 is 2.21 bits per heavy atom. The molecule has 1 amide bonds. The SMILES string of the molecule is O=C(NN(c1ccc(Cl)cc1Cl)C1CCCCC1)c1nn(-c2ccc(Cl)cc2)c2c1C1CC3CC(C1)CC2C3. The number of rotatable bonds is 5. The number of carbonyl (C=O) groups is 1. The molecule has 2 unspecified atom stereocenters. The van der Waals surface area contributed by atoms with Crippen LogP contribution in [-0.4, -0.2) is 21.7 Å². The average Bonchev–Trinajstić information content (AvgIpc) is 3.25. The molecule has 3 aromatic rings. The summed E-state index contributed by atoms with van der Waals surface area (Å²) in [6, 6.07) is 13.5. The van der Waals surface area contributed by atoms with Gasteiger partial charge in [-0.1, -0.05) is 54.1 Å². The largest absolute Gasteiger partial charge is 0.290 e. The van der Waals surface area contributed by atoms with Crippen LogP contribution in [0.4, 0.5) is 5.69 Å². The maximum absolute atomic E-state index is 14.3. The normalized spacial score (nSPS) is 25.8. The molecule has 5 aliphatic rings. The van der Waals surface area contributed by atoms with Crippen molar-refractivity contribution in [1.29, 1.82) is 0 Å². The van der Waals surface area contributed by atoms with E-state index in [1.54, 1.807) is 6.07 Å². The Balaban J connectivity index is 1.31. The molecule has 204 valence electrons. The van der Waals surface area contributed by atoms with Gasteiger partial charge in [-0.3, -0.25) is 15.2 Å². The van der Waals surface area contributed by atoms with E-state index in [0.29, 0.717) is 32.6 Å². The third-order valence-electron chi connectivity index (χ3n) is 9.51. The van der Waals surface area contributed by atoms with Gasteiger partial charge in [0.1, 0.15) is 0 Å². The molecule has 2 aromatic carbocycles. The number of halogens is 3. The zero-order valence-electron chi connectivity index (χ0n) is 21.9. The maximum atomic E-state index is 14.3. The number of hydrogen-bond acceptors (Lipinski definition) is 3. The average molecular weight is 584 g/mol. The summed E-state index contributed by atoms with van der Waals surface area (Å²) in [6.45, 7) is 0. The van der Waals surface area contributed by atoms with Crippen LogP contribution in [0.5, 0.6) is 0 Å². The van der Waals surface area contributed by atoms with Crippen LogP contribution >= 0.6 is 34.8 Å². The molecule has 4 bridgehead atoms. The molecule has 0 spiro atoms. The van der Waals surface area contributed by atoms with Gasteiger partial charge in [-0.25, -0.2) is 4.68 Å². The minimum absolute atomic E-state index is 0.156. The standard InChI is InChI=1S/C31H33Cl3N4O/c32-22-6-9-25(10-7-22)38-30-21-15-18-12-19(16-21)14-20(13-18)28(30)29(35-38)31(39)36-37(24-4-2-1-3-5-24)27-11-8-23(33)17-26(27)34/h6-11,17-21,24H,1-5,12-16H2,(H,36,39). The lowest BCUT2D eigenvalue weighted by atomic mass is 9.67. The van der Waals surface area contributed by atoms with E-state index in [0.717, 1.165) is 61.7 Å². The summed E-state index contributed by atoms with van der Waals surface area (Å²) in [7, 11) is 0. The van der Waals surface area contributed by atoms with Crippen molar-refractivity contribution in [2.45, 2.75) is 82.1 Å². The molecule has 5 nitrogen and oxygen atoms in total. The van der Waals surface area contributed by atoms with Crippen LogP contribution in [0.1, 0.15) is 97.8 Å². The first-order valence-electron chi connectivity index (χ1n) is 14.4. The van der Waals surface area contributed by atoms with Crippen LogP contribution in [0.25, 0.3) is 5.69 Å². The third-order valence-corrected chi connectivity index (χ3v) is 10.3. The summed E-state index contributed by atoms with van der Waals surface area (Å²) in [4.78, 5) is 14.3. The summed E-state index contributed by atoms with van der Waals surface area (Å²) in [5, 5.41) is 8.87. The van der Waals surface area contributed by atoms with E-state index >= 15 is 0 Å². The second kappa shape index (κ2) is 10.3. The quantitative estimate of drug-likeness (QED) is 0.306. The van der Waals surface area contributed by atoms with Crippen molar-refractivity contribution < 1.29 is 4.79 Å². The second-order valence-corrected chi connectivity index (χ2v) is 13.3. The Bertz CT molecular complexity index is 1380. The van der Waals surface area contributed by atoms with Crippen molar-refractivity contribution in [2.24, 2.45) is 11.8 Å². The number of hydrogen-bond donors (Lipinski definition) is 1. The van der Waals surface area contributed by atoms with Crippen LogP contribution in [0.15, 0.2) is 42.5 Å². The van der Waals surface area contributed by atoms with E-state index in [4.69, 9.17) is 39.9 Å². The number of carbonyl (C=O) groups excluding carboxylic acids is 1. The number of nitrogens with zero attached hydrogens (tertiary/aromatic N) is 3. The molecule has 2 atom stereocenters. The molecular formula is C31H33Cl3N4O. The summed E-state index contributed by atoms with van der Waals surface area (Å²) >= 11 is 19.2. The summed E-state index contributed by atoms with van der Waals surface area (Å²) in [5.41, 5.74) is 8.01. The Morgan fingerprint density at radius 2 is 1.51 bits per heavy atom. The Hall–Kier alpha value is -2.21. The number of aromatic nitrogens is 2. The van der Waals surface area contributed by atoms with Gasteiger partial charge in [-0.15, -0.1) is 0 Å². The van der Waals surface area contributed by atoms with Gasteiger partial charge in [0.05, 0.1) is 28.1 Å². The Morgan fingerprint density at radius 1 is 0.846 bits per heavy atom. The highest BCUT2D eigenvalue weighted by molar-refractivity contribution is 6.36. The molecule has 0 aliphatic heterocycles. The van der Waals surface area contributed by atoms with Gasteiger partial charge < -0.3 is 0 Å². The van der Waals surface area contributed by atoms with Gasteiger partial charge in [0.15, 0.2) is 5.69 Å². The summed E-state index contributed by atoms with van der Waals surface area (Å²) < 4.78 is 2.05. The highest BCUT2D eigenvalue weighted by Crippen LogP contribution is 2.57. The molecule has 3 saturated carbocycles. The number of hydrazine groups is 1. The fourth-order valence-electron chi connectivity index (χ4n) is 8.02. The Labute approximate surface area is 244 Å². The van der Waals surface area contributed by atoms with Crippen molar-refractivity contribution in [3.63, 3.8) is 0 Å². The monoisotopic (exact) mass is 582 g/mol. The van der Waals surface area contributed by atoms with Crippen molar-refractivity contribution >= 4 is 46.4 Å². The smallest absolute Gasteiger partial charge is 0.281 e. The van der Waals surface area contributed by atoms with E-state index in [1.807, 2.05) is 41.4 Å². The molecule has 0 saturated heterocycles. The zero-order valence-corrected chi connectivity index (χ0v) is 24.2. The maximum Gasteiger partial charge on any atom is 0.290 e. The van der Waals surface area contributed by atoms with Gasteiger partial charge in [0.25, 0.3) is 5.91 Å². The fraction of sp³-hybridized carbons (Fsp3) is 0.484. The van der Waals surface area contributed by atoms with Crippen molar-refractivity contribution in [3.05, 3.63) is 74.5 Å². The van der Waals surface area contributed by atoms with Gasteiger partial charge in [0.2, 0.25) is 0 Å². The predicted molar refractivity (Wildman–Crippen MR) is 157 cm³/mol. The van der Waals surface area contributed by atoms with E-state index in [1.165, 1.54) is 36.9 Å². The van der Waals surface area contributed by atoms with E-state index in [2.05, 4.69) is 10.1 Å². The van der Waals surface area contributed by atoms with Crippen LogP contribution in [0.3, 0.4) is 0 Å². The van der Waals surface area contributed by atoms with E-state index in [9.17, 15) is 4.79 Å². The molecule has 1 heterocycles.